The highest BCUT2D eigenvalue weighted by atomic mass is 16.4. The van der Waals surface area contributed by atoms with Crippen molar-refractivity contribution in [3.8, 4) is 5.69 Å². The lowest BCUT2D eigenvalue weighted by molar-refractivity contribution is -0.142. The molecule has 1 aliphatic carbocycles. The van der Waals surface area contributed by atoms with Crippen LogP contribution in [0.3, 0.4) is 0 Å². The molecule has 0 radical (unpaired) electrons. The Labute approximate surface area is 143 Å². The van der Waals surface area contributed by atoms with E-state index < -0.39 is 29.7 Å². The van der Waals surface area contributed by atoms with Gasteiger partial charge in [-0.25, -0.2) is 4.68 Å². The van der Waals surface area contributed by atoms with Crippen molar-refractivity contribution in [2.75, 3.05) is 0 Å². The van der Waals surface area contributed by atoms with Gasteiger partial charge in [-0.2, -0.15) is 5.10 Å². The average molecular weight is 342 g/mol. The molecule has 4 N–H and O–H groups in total. The Morgan fingerprint density at radius 3 is 2.56 bits per heavy atom. The van der Waals surface area contributed by atoms with Crippen LogP contribution in [0, 0.1) is 5.92 Å². The fourth-order valence-corrected chi connectivity index (χ4v) is 3.10. The largest absolute Gasteiger partial charge is 0.481 e. The van der Waals surface area contributed by atoms with Gasteiger partial charge in [-0.05, 0) is 25.0 Å². The molecule has 130 valence electrons. The van der Waals surface area contributed by atoms with Gasteiger partial charge in [-0.1, -0.05) is 24.6 Å². The van der Waals surface area contributed by atoms with E-state index in [2.05, 4.69) is 10.4 Å². The van der Waals surface area contributed by atoms with E-state index in [1.165, 1.54) is 10.7 Å². The number of nitrogens with two attached hydrogens (primary N) is 1. The summed E-state index contributed by atoms with van der Waals surface area (Å²) in [5.41, 5.74) is 6.08. The van der Waals surface area contributed by atoms with Crippen LogP contribution in [0.2, 0.25) is 0 Å². The van der Waals surface area contributed by atoms with E-state index >= 15 is 0 Å². The first-order valence-electron chi connectivity index (χ1n) is 7.96. The smallest absolute Gasteiger partial charge is 0.308 e. The molecule has 2 amide bonds. The molecule has 0 bridgehead atoms. The van der Waals surface area contributed by atoms with Gasteiger partial charge >= 0.3 is 5.97 Å². The molecule has 25 heavy (non-hydrogen) atoms. The summed E-state index contributed by atoms with van der Waals surface area (Å²) < 4.78 is 1.31. The van der Waals surface area contributed by atoms with Crippen molar-refractivity contribution in [2.24, 2.45) is 11.7 Å². The third-order valence-electron chi connectivity index (χ3n) is 4.34. The highest BCUT2D eigenvalue weighted by molar-refractivity contribution is 5.98. The van der Waals surface area contributed by atoms with Crippen molar-refractivity contribution < 1.29 is 19.5 Å². The number of amides is 2. The molecule has 1 aliphatic rings. The predicted octanol–water partition coefficient (Wildman–Crippen LogP) is 0.954. The van der Waals surface area contributed by atoms with Crippen molar-refractivity contribution in [1.82, 2.24) is 15.1 Å². The molecule has 2 atom stereocenters. The van der Waals surface area contributed by atoms with Crippen LogP contribution in [0.15, 0.2) is 36.4 Å². The molecule has 1 saturated carbocycles. The standard InChI is InChI=1S/C17H18N4O4/c18-15(22)14-9-13(20-21(14)10-5-2-1-3-6-10)16(23)19-12-8-4-7-11(12)17(24)25/h1-3,5-6,9,11-12H,4,7-8H2,(H2,18,22)(H,19,23)(H,24,25)/t11-,12+/m0/s1. The van der Waals surface area contributed by atoms with Gasteiger partial charge < -0.3 is 16.2 Å². The van der Waals surface area contributed by atoms with Crippen LogP contribution in [0.5, 0.6) is 0 Å². The summed E-state index contributed by atoms with van der Waals surface area (Å²) in [6, 6.07) is 9.71. The highest BCUT2D eigenvalue weighted by Gasteiger charge is 2.34. The van der Waals surface area contributed by atoms with Crippen LogP contribution in [0.25, 0.3) is 5.69 Å². The van der Waals surface area contributed by atoms with Gasteiger partial charge in [-0.15, -0.1) is 0 Å². The number of primary amides is 1. The number of nitrogens with zero attached hydrogens (tertiary/aromatic N) is 2. The van der Waals surface area contributed by atoms with Gasteiger partial charge in [0.1, 0.15) is 5.69 Å². The Bertz CT molecular complexity index is 815. The van der Waals surface area contributed by atoms with Gasteiger partial charge in [0.25, 0.3) is 11.8 Å². The number of carbonyl (C=O) groups is 3. The Hall–Kier alpha value is -3.16. The zero-order valence-electron chi connectivity index (χ0n) is 13.4. The van der Waals surface area contributed by atoms with Crippen LogP contribution < -0.4 is 11.1 Å². The average Bonchev–Trinajstić information content (AvgIpc) is 3.22. The molecule has 3 rings (SSSR count). The molecule has 0 aliphatic heterocycles. The number of aromatic nitrogens is 2. The van der Waals surface area contributed by atoms with Crippen LogP contribution in [-0.2, 0) is 4.79 Å². The maximum atomic E-state index is 12.5. The number of carbonyl (C=O) groups excluding carboxylic acids is 2. The zero-order chi connectivity index (χ0) is 18.0. The number of benzene rings is 1. The number of hydrogen-bond acceptors (Lipinski definition) is 4. The maximum Gasteiger partial charge on any atom is 0.308 e. The number of nitrogens with one attached hydrogen (secondary N) is 1. The minimum Gasteiger partial charge on any atom is -0.481 e. The minimum absolute atomic E-state index is 0.0219. The summed E-state index contributed by atoms with van der Waals surface area (Å²) in [6.07, 6.45) is 1.88. The summed E-state index contributed by atoms with van der Waals surface area (Å²) in [6.45, 7) is 0. The lowest BCUT2D eigenvalue weighted by Gasteiger charge is -2.16. The molecule has 1 fully saturated rings. The van der Waals surface area contributed by atoms with Gasteiger partial charge in [0.05, 0.1) is 11.6 Å². The molecule has 1 aromatic heterocycles. The number of rotatable bonds is 5. The van der Waals surface area contributed by atoms with E-state index in [-0.39, 0.29) is 11.4 Å². The number of aliphatic carboxylic acids is 1. The lowest BCUT2D eigenvalue weighted by atomic mass is 10.0. The second kappa shape index (κ2) is 6.76. The summed E-state index contributed by atoms with van der Waals surface area (Å²) in [5, 5.41) is 16.1. The van der Waals surface area contributed by atoms with Crippen LogP contribution in [0.1, 0.15) is 40.2 Å². The topological polar surface area (TPSA) is 127 Å². The first kappa shape index (κ1) is 16.7. The number of carboxylic acids is 1. The summed E-state index contributed by atoms with van der Waals surface area (Å²) >= 11 is 0. The SMILES string of the molecule is NC(=O)c1cc(C(=O)N[C@@H]2CCC[C@@H]2C(=O)O)nn1-c1ccccc1. The molecule has 8 heteroatoms. The molecule has 0 spiro atoms. The van der Waals surface area contributed by atoms with Gasteiger partial charge in [0.15, 0.2) is 5.69 Å². The van der Waals surface area contributed by atoms with Crippen LogP contribution in [-0.4, -0.2) is 38.7 Å². The Kier molecular flexibility index (Phi) is 4.51. The molecule has 2 aromatic rings. The van der Waals surface area contributed by atoms with Crippen molar-refractivity contribution in [3.63, 3.8) is 0 Å². The Morgan fingerprint density at radius 1 is 1.20 bits per heavy atom. The van der Waals surface area contributed by atoms with Crippen molar-refractivity contribution in [1.29, 1.82) is 0 Å². The molecule has 0 unspecified atom stereocenters. The van der Waals surface area contributed by atoms with E-state index in [1.807, 2.05) is 6.07 Å². The van der Waals surface area contributed by atoms with Crippen LogP contribution >= 0.6 is 0 Å². The molecule has 0 saturated heterocycles. The van der Waals surface area contributed by atoms with Crippen molar-refractivity contribution in [3.05, 3.63) is 47.8 Å². The van der Waals surface area contributed by atoms with Gasteiger partial charge in [0, 0.05) is 12.1 Å². The van der Waals surface area contributed by atoms with Gasteiger partial charge in [-0.3, -0.25) is 14.4 Å². The first-order chi connectivity index (χ1) is 12.0. The first-order valence-corrected chi connectivity index (χ1v) is 7.96. The zero-order valence-corrected chi connectivity index (χ0v) is 13.4. The van der Waals surface area contributed by atoms with Crippen molar-refractivity contribution in [2.45, 2.75) is 25.3 Å². The summed E-state index contributed by atoms with van der Waals surface area (Å²) in [4.78, 5) is 35.4. The van der Waals surface area contributed by atoms with E-state index in [1.54, 1.807) is 24.3 Å². The van der Waals surface area contributed by atoms with Crippen molar-refractivity contribution >= 4 is 17.8 Å². The van der Waals surface area contributed by atoms with Gasteiger partial charge in [0.2, 0.25) is 0 Å². The normalized spacial score (nSPS) is 19.5. The number of hydrogen-bond donors (Lipinski definition) is 3. The second-order valence-electron chi connectivity index (χ2n) is 5.98. The Morgan fingerprint density at radius 2 is 1.92 bits per heavy atom. The number of para-hydroxylation sites is 1. The van der Waals surface area contributed by atoms with Crippen LogP contribution in [0.4, 0.5) is 0 Å². The van der Waals surface area contributed by atoms with E-state index in [0.717, 1.165) is 6.42 Å². The van der Waals surface area contributed by atoms with E-state index in [4.69, 9.17) is 5.73 Å². The quantitative estimate of drug-likeness (QED) is 0.745. The second-order valence-corrected chi connectivity index (χ2v) is 5.98. The third-order valence-corrected chi connectivity index (χ3v) is 4.34. The minimum atomic E-state index is -0.921. The molecule has 8 nitrogen and oxygen atoms in total. The fraction of sp³-hybridized carbons (Fsp3) is 0.294. The third kappa shape index (κ3) is 3.37. The summed E-state index contributed by atoms with van der Waals surface area (Å²) in [5.74, 6) is -2.75. The monoisotopic (exact) mass is 342 g/mol. The molecular weight excluding hydrogens is 324 g/mol. The fourth-order valence-electron chi connectivity index (χ4n) is 3.10. The molecular formula is C17H18N4O4. The highest BCUT2D eigenvalue weighted by Crippen LogP contribution is 2.26. The summed E-state index contributed by atoms with van der Waals surface area (Å²) in [7, 11) is 0. The van der Waals surface area contributed by atoms with E-state index in [9.17, 15) is 19.5 Å². The lowest BCUT2D eigenvalue weighted by Crippen LogP contribution is -2.40. The maximum absolute atomic E-state index is 12.5. The Balaban J connectivity index is 1.86. The predicted molar refractivity (Wildman–Crippen MR) is 88.3 cm³/mol. The molecule has 1 aromatic carbocycles. The number of carboxylic acid groups (broad SMARTS) is 1. The molecule has 1 heterocycles. The van der Waals surface area contributed by atoms with E-state index in [0.29, 0.717) is 18.5 Å².